The Balaban J connectivity index is 2.83. The highest BCUT2D eigenvalue weighted by Crippen LogP contribution is 1.71. The molecule has 6 heavy (non-hydrogen) atoms. The van der Waals surface area contributed by atoms with Gasteiger partial charge in [-0.2, -0.15) is 0 Å². The molecule has 0 rings (SSSR count). The van der Waals surface area contributed by atoms with E-state index in [-0.39, 0.29) is 0 Å². The largest absolute Gasteiger partial charge is 0.451 e. The van der Waals surface area contributed by atoms with Crippen LogP contribution in [0.1, 0.15) is 0 Å². The minimum Gasteiger partial charge on any atom is -0.309 e. The van der Waals surface area contributed by atoms with Crippen molar-refractivity contribution in [3.63, 3.8) is 0 Å². The van der Waals surface area contributed by atoms with Crippen LogP contribution in [-0.4, -0.2) is 10.6 Å². The van der Waals surface area contributed by atoms with Crippen LogP contribution >= 0.6 is 22.6 Å². The van der Waals surface area contributed by atoms with Crippen molar-refractivity contribution in [2.45, 2.75) is 0 Å². The number of carbonyl (C=O) groups excluding carboxylic acids is 1. The van der Waals surface area contributed by atoms with E-state index in [1.54, 1.807) is 0 Å². The summed E-state index contributed by atoms with van der Waals surface area (Å²) in [6, 6.07) is 0. The Labute approximate surface area is 48.9 Å². The minimum absolute atomic E-state index is 0.389. The number of amides is 1. The highest BCUT2D eigenvalue weighted by Gasteiger charge is 1.88. The molecule has 0 spiro atoms. The first-order valence-electron chi connectivity index (χ1n) is 1.28. The maximum atomic E-state index is 9.37. The number of rotatable bonds is 1. The van der Waals surface area contributed by atoms with Crippen LogP contribution in [0.3, 0.4) is 0 Å². The lowest BCUT2D eigenvalue weighted by atomic mass is 11.1. The number of hydrogen-bond acceptors (Lipinski definition) is 1. The Morgan fingerprint density at radius 1 is 1.83 bits per heavy atom. The highest BCUT2D eigenvalue weighted by atomic mass is 127. The lowest BCUT2D eigenvalue weighted by molar-refractivity contribution is 0.171. The van der Waals surface area contributed by atoms with Crippen molar-refractivity contribution in [3.05, 3.63) is 0 Å². The Morgan fingerprint density at radius 3 is 2.33 bits per heavy atom. The molecule has 4 heteroatoms. The van der Waals surface area contributed by atoms with Gasteiger partial charge in [0.25, 0.3) is 0 Å². The Kier molecular flexibility index (Phi) is 3.20. The maximum absolute atomic E-state index is 9.37. The molecule has 0 aliphatic carbocycles. The fraction of sp³-hybridized carbons (Fsp3) is 0.500. The van der Waals surface area contributed by atoms with Gasteiger partial charge in [0.2, 0.25) is 0 Å². The predicted molar refractivity (Wildman–Crippen MR) is 28.1 cm³/mol. The molecule has 0 saturated heterocycles. The van der Waals surface area contributed by atoms with Crippen LogP contribution in [-0.2, 0) is 5.11 Å². The number of halogens is 1. The lowest BCUT2D eigenvalue weighted by Gasteiger charge is -1.82. The molecule has 0 heterocycles. The van der Waals surface area contributed by atoms with E-state index < -0.39 is 6.09 Å². The average Bonchev–Trinajstić information content (AvgIpc) is 1.35. The Bertz CT molecular complexity index is 55.5. The van der Waals surface area contributed by atoms with E-state index in [1.807, 2.05) is 27.9 Å². The molecule has 0 aromatic heterocycles. The van der Waals surface area contributed by atoms with E-state index in [0.717, 1.165) is 0 Å². The number of hydrogen-bond donors (Lipinski definition) is 1. The fourth-order valence-corrected chi connectivity index (χ4v) is 0.366. The maximum Gasteiger partial charge on any atom is 0.451 e. The third kappa shape index (κ3) is 4.00. The van der Waals surface area contributed by atoms with Gasteiger partial charge in [-0.1, -0.05) is 22.6 Å². The topological polar surface area (TPSA) is 49.0 Å². The molecule has 0 aliphatic heterocycles. The van der Waals surface area contributed by atoms with Crippen LogP contribution in [0.15, 0.2) is 0 Å². The van der Waals surface area contributed by atoms with Crippen molar-refractivity contribution in [1.29, 1.82) is 0 Å². The smallest absolute Gasteiger partial charge is 0.309 e. The molecule has 1 N–H and O–H groups in total. The molecular formula is C2H3INO2. The summed E-state index contributed by atoms with van der Waals surface area (Å²) in [6.45, 7) is 0. The zero-order chi connectivity index (χ0) is 4.99. The molecule has 0 unspecified atom stereocenters. The molecule has 0 saturated carbocycles. The van der Waals surface area contributed by atoms with E-state index in [0.29, 0.717) is 4.55 Å². The van der Waals surface area contributed by atoms with E-state index >= 15 is 0 Å². The molecule has 0 atom stereocenters. The van der Waals surface area contributed by atoms with Gasteiger partial charge < -0.3 is 5.32 Å². The van der Waals surface area contributed by atoms with Gasteiger partial charge >= 0.3 is 6.09 Å². The molecule has 3 nitrogen and oxygen atoms in total. The first-order valence-corrected chi connectivity index (χ1v) is 2.80. The second-order valence-electron chi connectivity index (χ2n) is 0.598. The van der Waals surface area contributed by atoms with Crippen LogP contribution in [0.5, 0.6) is 0 Å². The fourth-order valence-electron chi connectivity index (χ4n) is 0.0546. The zero-order valence-electron chi connectivity index (χ0n) is 2.90. The number of nitrogens with one attached hydrogen (secondary N) is 1. The molecule has 1 amide bonds. The van der Waals surface area contributed by atoms with Crippen molar-refractivity contribution < 1.29 is 9.90 Å². The molecule has 0 aliphatic rings. The zero-order valence-corrected chi connectivity index (χ0v) is 5.06. The summed E-state index contributed by atoms with van der Waals surface area (Å²) in [7, 11) is 0. The lowest BCUT2D eigenvalue weighted by Crippen LogP contribution is -2.16. The Hall–Kier alpha value is 0. The van der Waals surface area contributed by atoms with Gasteiger partial charge in [0, 0.05) is 0 Å². The molecule has 0 bridgehead atoms. The number of alkyl halides is 1. The van der Waals surface area contributed by atoms with Crippen molar-refractivity contribution in [2.75, 3.05) is 4.55 Å². The Morgan fingerprint density at radius 2 is 2.33 bits per heavy atom. The summed E-state index contributed by atoms with van der Waals surface area (Å²) >= 11 is 1.87. The van der Waals surface area contributed by atoms with Crippen molar-refractivity contribution >= 4 is 28.7 Å². The second kappa shape index (κ2) is 3.20. The highest BCUT2D eigenvalue weighted by molar-refractivity contribution is 14.1. The summed E-state index contributed by atoms with van der Waals surface area (Å²) in [5.74, 6) is 0. The quantitative estimate of drug-likeness (QED) is 0.374. The summed E-state index contributed by atoms with van der Waals surface area (Å²) in [4.78, 5) is 9.37. The van der Waals surface area contributed by atoms with Gasteiger partial charge in [-0.15, -0.1) is 0 Å². The average molecular weight is 200 g/mol. The predicted octanol–water partition coefficient (Wildman–Crippen LogP) is 0.519. The van der Waals surface area contributed by atoms with Gasteiger partial charge in [-0.3, -0.25) is 0 Å². The summed E-state index contributed by atoms with van der Waals surface area (Å²) < 4.78 is 0.389. The minimum atomic E-state index is -1.22. The van der Waals surface area contributed by atoms with E-state index in [1.165, 1.54) is 0 Å². The van der Waals surface area contributed by atoms with Gasteiger partial charge in [0.05, 0.1) is 4.55 Å². The van der Waals surface area contributed by atoms with Crippen molar-refractivity contribution in [1.82, 2.24) is 5.32 Å². The second-order valence-corrected chi connectivity index (χ2v) is 1.36. The van der Waals surface area contributed by atoms with Crippen molar-refractivity contribution in [2.24, 2.45) is 0 Å². The summed E-state index contributed by atoms with van der Waals surface area (Å²) in [5.41, 5.74) is 0. The normalized spacial score (nSPS) is 7.50. The molecule has 35 valence electrons. The van der Waals surface area contributed by atoms with Crippen LogP contribution in [0.4, 0.5) is 4.79 Å². The summed E-state index contributed by atoms with van der Waals surface area (Å²) in [5, 5.41) is 11.4. The molecule has 0 aromatic rings. The monoisotopic (exact) mass is 200 g/mol. The van der Waals surface area contributed by atoms with Gasteiger partial charge in [0.15, 0.2) is 0 Å². The third-order valence-electron chi connectivity index (χ3n) is 0.211. The van der Waals surface area contributed by atoms with Crippen LogP contribution in [0.2, 0.25) is 0 Å². The van der Waals surface area contributed by atoms with Crippen LogP contribution in [0.25, 0.3) is 0 Å². The SMILES string of the molecule is [O]C(=O)NCI. The van der Waals surface area contributed by atoms with Gasteiger partial charge in [0.1, 0.15) is 0 Å². The van der Waals surface area contributed by atoms with E-state index in [2.05, 4.69) is 0 Å². The molecule has 0 aromatic carbocycles. The summed E-state index contributed by atoms with van der Waals surface area (Å²) in [6.07, 6.45) is -1.22. The van der Waals surface area contributed by atoms with E-state index in [4.69, 9.17) is 0 Å². The molecule has 0 fully saturated rings. The standard InChI is InChI=1S/C2H3INO2/c3-1-4-2(5)6/h4H,1H2. The first-order chi connectivity index (χ1) is 2.77. The van der Waals surface area contributed by atoms with Crippen molar-refractivity contribution in [3.8, 4) is 0 Å². The molecular weight excluding hydrogens is 197 g/mol. The van der Waals surface area contributed by atoms with Crippen LogP contribution in [0, 0.1) is 0 Å². The third-order valence-corrected chi connectivity index (χ3v) is 0.593. The van der Waals surface area contributed by atoms with Gasteiger partial charge in [-0.05, 0) is 0 Å². The van der Waals surface area contributed by atoms with E-state index in [9.17, 15) is 9.90 Å². The molecule has 1 radical (unpaired) electrons. The number of carbonyl (C=O) groups is 1. The van der Waals surface area contributed by atoms with Crippen LogP contribution < -0.4 is 5.32 Å². The van der Waals surface area contributed by atoms with Gasteiger partial charge in [-0.25, -0.2) is 9.90 Å². The first kappa shape index (κ1) is 6.00.